The average Bonchev–Trinajstić information content (AvgIpc) is 3.49. The number of hydrogen-bond donors (Lipinski definition) is 1. The molecule has 0 saturated carbocycles. The van der Waals surface area contributed by atoms with Gasteiger partial charge in [-0.2, -0.15) is 15.1 Å². The second kappa shape index (κ2) is 11.3. The van der Waals surface area contributed by atoms with Crippen LogP contribution in [0.15, 0.2) is 37.1 Å². The van der Waals surface area contributed by atoms with Gasteiger partial charge in [0.25, 0.3) is 0 Å². The van der Waals surface area contributed by atoms with Crippen molar-refractivity contribution >= 4 is 45.1 Å². The lowest BCUT2D eigenvalue weighted by molar-refractivity contribution is -0.139. The van der Waals surface area contributed by atoms with Crippen LogP contribution in [0.3, 0.4) is 0 Å². The molecular formula is C32H35ClFN7O3. The number of likely N-dealkylation sites (tertiary alicyclic amines) is 1. The first kappa shape index (κ1) is 28.9. The van der Waals surface area contributed by atoms with Gasteiger partial charge in [-0.25, -0.2) is 4.39 Å². The molecule has 1 N–H and O–H groups in total. The number of halogens is 2. The van der Waals surface area contributed by atoms with E-state index in [0.717, 1.165) is 48.9 Å². The van der Waals surface area contributed by atoms with Gasteiger partial charge < -0.3 is 19.3 Å². The number of benzene rings is 2. The number of carbonyl (C=O) groups excluding carboxylic acids is 1. The number of H-pyrrole nitrogens is 1. The van der Waals surface area contributed by atoms with E-state index in [1.807, 2.05) is 31.0 Å². The van der Waals surface area contributed by atoms with E-state index >= 15 is 4.39 Å². The number of anilines is 1. The zero-order chi connectivity index (χ0) is 30.6. The molecule has 0 aliphatic carbocycles. The van der Waals surface area contributed by atoms with E-state index in [9.17, 15) is 4.79 Å². The van der Waals surface area contributed by atoms with Gasteiger partial charge >= 0.3 is 6.01 Å². The third-order valence-corrected chi connectivity index (χ3v) is 9.81. The molecule has 1 atom stereocenters. The second-order valence-electron chi connectivity index (χ2n) is 12.3. The fraction of sp³-hybridized carbons (Fsp3) is 0.438. The summed E-state index contributed by atoms with van der Waals surface area (Å²) in [4.78, 5) is 27.7. The van der Waals surface area contributed by atoms with Gasteiger partial charge in [0.15, 0.2) is 5.82 Å². The molecule has 0 radical (unpaired) electrons. The standard InChI is InChI=1S/C32H35ClFN7O3/c1-4-25(42)41-17-32(18-41)7-9-40(10-8-32)30-21-13-23(33)27(26-19(2)5-6-24-22(26)14-35-38-24)28(34)29(21)36-31(37-30)44-16-20-15-43-12-11-39(20)3/h4-6,13-14,20H,1,7-12,15-18H2,2-3H3,(H,35,38)/t20-/m1/s1. The number of rotatable bonds is 6. The minimum atomic E-state index is -0.526. The summed E-state index contributed by atoms with van der Waals surface area (Å²) >= 11 is 6.91. The smallest absolute Gasteiger partial charge is 0.319 e. The van der Waals surface area contributed by atoms with Crippen LogP contribution in [0.5, 0.6) is 6.01 Å². The molecule has 3 saturated heterocycles. The number of amides is 1. The molecule has 3 aliphatic rings. The number of nitrogens with zero attached hydrogens (tertiary/aromatic N) is 6. The summed E-state index contributed by atoms with van der Waals surface area (Å²) in [5, 5.41) is 8.73. The minimum Gasteiger partial charge on any atom is -0.462 e. The van der Waals surface area contributed by atoms with Crippen molar-refractivity contribution in [2.75, 3.05) is 64.5 Å². The number of morpholine rings is 1. The number of ether oxygens (including phenoxy) is 2. The van der Waals surface area contributed by atoms with E-state index in [1.54, 1.807) is 12.3 Å². The molecule has 44 heavy (non-hydrogen) atoms. The van der Waals surface area contributed by atoms with Crippen molar-refractivity contribution < 1.29 is 18.7 Å². The molecule has 2 aromatic heterocycles. The predicted octanol–water partition coefficient (Wildman–Crippen LogP) is 4.60. The molecule has 3 aliphatic heterocycles. The Kier molecular flexibility index (Phi) is 7.42. The highest BCUT2D eigenvalue weighted by Gasteiger charge is 2.46. The predicted molar refractivity (Wildman–Crippen MR) is 168 cm³/mol. The normalized spacial score (nSPS) is 20.3. The lowest BCUT2D eigenvalue weighted by Gasteiger charge is -2.54. The zero-order valence-corrected chi connectivity index (χ0v) is 25.7. The summed E-state index contributed by atoms with van der Waals surface area (Å²) in [5.74, 6) is 0.0388. The van der Waals surface area contributed by atoms with E-state index in [1.165, 1.54) is 6.08 Å². The van der Waals surface area contributed by atoms with Crippen molar-refractivity contribution in [2.45, 2.75) is 25.8 Å². The molecule has 4 aromatic rings. The number of aromatic amines is 1. The number of piperidine rings is 1. The van der Waals surface area contributed by atoms with E-state index < -0.39 is 5.82 Å². The summed E-state index contributed by atoms with van der Waals surface area (Å²) in [6, 6.07) is 5.76. The molecule has 10 nitrogen and oxygen atoms in total. The summed E-state index contributed by atoms with van der Waals surface area (Å²) in [6.07, 6.45) is 4.83. The van der Waals surface area contributed by atoms with Crippen LogP contribution in [-0.4, -0.2) is 102 Å². The molecule has 1 amide bonds. The Bertz CT molecular complexity index is 1760. The van der Waals surface area contributed by atoms with Gasteiger partial charge in [-0.1, -0.05) is 24.2 Å². The first-order valence-electron chi connectivity index (χ1n) is 15.0. The maximum atomic E-state index is 16.8. The molecule has 7 rings (SSSR count). The Labute approximate surface area is 259 Å². The van der Waals surface area contributed by atoms with Gasteiger partial charge in [0.2, 0.25) is 5.91 Å². The van der Waals surface area contributed by atoms with Crippen molar-refractivity contribution in [1.82, 2.24) is 30.0 Å². The summed E-state index contributed by atoms with van der Waals surface area (Å²) in [5.41, 5.74) is 2.85. The first-order valence-corrected chi connectivity index (χ1v) is 15.3. The van der Waals surface area contributed by atoms with Crippen molar-refractivity contribution in [2.24, 2.45) is 5.41 Å². The van der Waals surface area contributed by atoms with Gasteiger partial charge in [-0.05, 0) is 50.6 Å². The fourth-order valence-corrected chi connectivity index (χ4v) is 7.08. The third-order valence-electron chi connectivity index (χ3n) is 9.51. The number of likely N-dealkylation sites (N-methyl/N-ethyl adjacent to an activating group) is 1. The Morgan fingerprint density at radius 1 is 1.23 bits per heavy atom. The van der Waals surface area contributed by atoms with E-state index in [2.05, 4.69) is 31.6 Å². The highest BCUT2D eigenvalue weighted by atomic mass is 35.5. The van der Waals surface area contributed by atoms with Crippen molar-refractivity contribution in [1.29, 1.82) is 0 Å². The van der Waals surface area contributed by atoms with E-state index in [4.69, 9.17) is 26.1 Å². The molecule has 5 heterocycles. The van der Waals surface area contributed by atoms with E-state index in [0.29, 0.717) is 49.7 Å². The summed E-state index contributed by atoms with van der Waals surface area (Å²) in [7, 11) is 2.03. The fourth-order valence-electron chi connectivity index (χ4n) is 6.79. The van der Waals surface area contributed by atoms with Crippen LogP contribution in [0, 0.1) is 18.2 Å². The van der Waals surface area contributed by atoms with E-state index in [-0.39, 0.29) is 39.5 Å². The monoisotopic (exact) mass is 619 g/mol. The summed E-state index contributed by atoms with van der Waals surface area (Å²) < 4.78 is 28.6. The number of aryl methyl sites for hydroxylation is 1. The molecule has 1 spiro atoms. The zero-order valence-electron chi connectivity index (χ0n) is 24.9. The van der Waals surface area contributed by atoms with Crippen LogP contribution >= 0.6 is 11.6 Å². The third kappa shape index (κ3) is 4.96. The maximum absolute atomic E-state index is 16.8. The molecule has 230 valence electrons. The topological polar surface area (TPSA) is 99.7 Å². The maximum Gasteiger partial charge on any atom is 0.319 e. The number of nitrogens with one attached hydrogen (secondary N) is 1. The first-order chi connectivity index (χ1) is 21.3. The molecule has 0 unspecified atom stereocenters. The molecule has 12 heteroatoms. The lowest BCUT2D eigenvalue weighted by atomic mass is 9.72. The van der Waals surface area contributed by atoms with Crippen LogP contribution in [-0.2, 0) is 9.53 Å². The molecule has 3 fully saturated rings. The molecule has 0 bridgehead atoms. The Hall–Kier alpha value is -3.80. The van der Waals surface area contributed by atoms with Crippen LogP contribution in [0.25, 0.3) is 32.9 Å². The number of carbonyl (C=O) groups is 1. The summed E-state index contributed by atoms with van der Waals surface area (Å²) in [6.45, 7) is 10.7. The van der Waals surface area contributed by atoms with Crippen molar-refractivity contribution in [3.05, 3.63) is 53.5 Å². The quantitative estimate of drug-likeness (QED) is 0.313. The second-order valence-corrected chi connectivity index (χ2v) is 12.7. The Morgan fingerprint density at radius 3 is 2.77 bits per heavy atom. The number of hydrogen-bond acceptors (Lipinski definition) is 8. The number of fused-ring (bicyclic) bond motifs is 2. The number of aromatic nitrogens is 4. The Balaban J connectivity index is 1.28. The van der Waals surface area contributed by atoms with Crippen LogP contribution in [0.1, 0.15) is 18.4 Å². The van der Waals surface area contributed by atoms with Gasteiger partial charge in [0, 0.05) is 60.0 Å². The minimum absolute atomic E-state index is 0.0297. The van der Waals surface area contributed by atoms with Gasteiger partial charge in [-0.3, -0.25) is 14.8 Å². The van der Waals surface area contributed by atoms with Crippen LogP contribution in [0.4, 0.5) is 10.2 Å². The van der Waals surface area contributed by atoms with Crippen LogP contribution in [0.2, 0.25) is 5.02 Å². The SMILES string of the molecule is C=CC(=O)N1CC2(CCN(c3nc(OC[C@H]4COCCN4C)nc4c(F)c(-c5c(C)ccc6[nH]ncc56)c(Cl)cc34)CC2)C1. The largest absolute Gasteiger partial charge is 0.462 e. The van der Waals surface area contributed by atoms with Crippen LogP contribution < -0.4 is 9.64 Å². The lowest BCUT2D eigenvalue weighted by Crippen LogP contribution is -2.61. The van der Waals surface area contributed by atoms with Crippen molar-refractivity contribution in [3.63, 3.8) is 0 Å². The Morgan fingerprint density at radius 2 is 2.02 bits per heavy atom. The van der Waals surface area contributed by atoms with Crippen molar-refractivity contribution in [3.8, 4) is 17.1 Å². The highest BCUT2D eigenvalue weighted by Crippen LogP contribution is 2.45. The van der Waals surface area contributed by atoms with Gasteiger partial charge in [0.05, 0.1) is 36.0 Å². The highest BCUT2D eigenvalue weighted by molar-refractivity contribution is 6.35. The molecular weight excluding hydrogens is 585 g/mol. The van der Waals surface area contributed by atoms with Gasteiger partial charge in [-0.15, -0.1) is 0 Å². The molecule has 2 aromatic carbocycles. The average molecular weight is 620 g/mol. The van der Waals surface area contributed by atoms with Gasteiger partial charge in [0.1, 0.15) is 17.9 Å².